The van der Waals surface area contributed by atoms with Crippen molar-refractivity contribution in [3.63, 3.8) is 0 Å². The summed E-state index contributed by atoms with van der Waals surface area (Å²) in [6.07, 6.45) is 0. The summed E-state index contributed by atoms with van der Waals surface area (Å²) in [4.78, 5) is 17.5. The molecule has 0 saturated carbocycles. The number of furan rings is 1. The maximum absolute atomic E-state index is 12.8. The molecule has 4 rings (SSSR count). The van der Waals surface area contributed by atoms with Gasteiger partial charge in [-0.1, -0.05) is 29.4 Å². The number of carbonyl (C=O) groups excluding carboxylic acids is 1. The van der Waals surface area contributed by atoms with Gasteiger partial charge in [-0.2, -0.15) is 4.31 Å². The normalized spacial score (nSPS) is 15.6. The monoisotopic (exact) mass is 457 g/mol. The predicted octanol–water partition coefficient (Wildman–Crippen LogP) is 2.83. The Morgan fingerprint density at radius 1 is 1.12 bits per heavy atom. The molecular formula is C22H23N3O6S. The Morgan fingerprint density at radius 3 is 2.69 bits per heavy atom. The molecule has 1 N–H and O–H groups in total. The lowest BCUT2D eigenvalue weighted by Gasteiger charge is -2.26. The van der Waals surface area contributed by atoms with Gasteiger partial charge in [0.2, 0.25) is 10.0 Å². The van der Waals surface area contributed by atoms with Gasteiger partial charge in [-0.25, -0.2) is 8.42 Å². The van der Waals surface area contributed by atoms with E-state index in [0.29, 0.717) is 43.5 Å². The zero-order valence-corrected chi connectivity index (χ0v) is 18.3. The number of amides is 1. The fraction of sp³-hybridized carbons (Fsp3) is 0.273. The third-order valence-corrected chi connectivity index (χ3v) is 6.80. The predicted molar refractivity (Wildman–Crippen MR) is 119 cm³/mol. The van der Waals surface area contributed by atoms with E-state index in [-0.39, 0.29) is 11.5 Å². The minimum Gasteiger partial charge on any atom is -0.455 e. The van der Waals surface area contributed by atoms with Crippen molar-refractivity contribution in [2.75, 3.05) is 38.2 Å². The summed E-state index contributed by atoms with van der Waals surface area (Å²) < 4.78 is 37.8. The maximum Gasteiger partial charge on any atom is 0.265 e. The first kappa shape index (κ1) is 22.0. The van der Waals surface area contributed by atoms with E-state index in [1.54, 1.807) is 19.1 Å². The van der Waals surface area contributed by atoms with Crippen LogP contribution in [0.25, 0.3) is 11.0 Å². The van der Waals surface area contributed by atoms with Gasteiger partial charge in [0.1, 0.15) is 11.3 Å². The van der Waals surface area contributed by atoms with E-state index >= 15 is 0 Å². The standard InChI is InChI=1S/C22H23N3O6S/c1-16(21-13-17-5-2-3-8-20(17)31-21)24-30-15-22(26)23-18-6-4-7-19(14-18)32(27,28)25-9-11-29-12-10-25/h2-8,13-14H,9-12,15H2,1H3,(H,23,26)/b24-16+. The highest BCUT2D eigenvalue weighted by atomic mass is 32.2. The second kappa shape index (κ2) is 9.51. The number of anilines is 1. The van der Waals surface area contributed by atoms with Crippen LogP contribution in [0.4, 0.5) is 5.69 Å². The second-order valence-electron chi connectivity index (χ2n) is 7.19. The first-order valence-electron chi connectivity index (χ1n) is 10.1. The van der Waals surface area contributed by atoms with Crippen LogP contribution in [-0.4, -0.2) is 57.3 Å². The Balaban J connectivity index is 1.36. The van der Waals surface area contributed by atoms with Crippen molar-refractivity contribution in [3.05, 3.63) is 60.4 Å². The van der Waals surface area contributed by atoms with Crippen molar-refractivity contribution in [2.45, 2.75) is 11.8 Å². The summed E-state index contributed by atoms with van der Waals surface area (Å²) in [7, 11) is -3.65. The number of para-hydroxylation sites is 1. The fourth-order valence-corrected chi connectivity index (χ4v) is 4.71. The molecule has 32 heavy (non-hydrogen) atoms. The van der Waals surface area contributed by atoms with Gasteiger partial charge < -0.3 is 19.3 Å². The van der Waals surface area contributed by atoms with Gasteiger partial charge in [-0.05, 0) is 37.3 Å². The largest absolute Gasteiger partial charge is 0.455 e. The van der Waals surface area contributed by atoms with Crippen LogP contribution in [0, 0.1) is 0 Å². The van der Waals surface area contributed by atoms with E-state index < -0.39 is 15.9 Å². The highest BCUT2D eigenvalue weighted by Gasteiger charge is 2.26. The molecule has 1 aliphatic heterocycles. The minimum absolute atomic E-state index is 0.108. The summed E-state index contributed by atoms with van der Waals surface area (Å²) in [6.45, 7) is 2.71. The number of oxime groups is 1. The van der Waals surface area contributed by atoms with Crippen LogP contribution in [0.5, 0.6) is 0 Å². The lowest BCUT2D eigenvalue weighted by Crippen LogP contribution is -2.40. The van der Waals surface area contributed by atoms with Crippen LogP contribution in [-0.2, 0) is 24.4 Å². The van der Waals surface area contributed by atoms with Crippen LogP contribution < -0.4 is 5.32 Å². The zero-order valence-electron chi connectivity index (χ0n) is 17.5. The number of rotatable bonds is 7. The molecule has 1 aliphatic rings. The summed E-state index contributed by atoms with van der Waals surface area (Å²) in [5.74, 6) is 0.0831. The van der Waals surface area contributed by atoms with Gasteiger partial charge in [0, 0.05) is 24.2 Å². The van der Waals surface area contributed by atoms with Crippen molar-refractivity contribution in [3.8, 4) is 0 Å². The molecule has 1 aromatic heterocycles. The molecule has 1 amide bonds. The number of ether oxygens (including phenoxy) is 1. The van der Waals surface area contributed by atoms with Gasteiger partial charge in [0.25, 0.3) is 5.91 Å². The zero-order chi connectivity index (χ0) is 22.6. The van der Waals surface area contributed by atoms with Crippen LogP contribution in [0.2, 0.25) is 0 Å². The Kier molecular flexibility index (Phi) is 6.54. The molecule has 0 atom stereocenters. The number of hydrogen-bond acceptors (Lipinski definition) is 7. The molecular weight excluding hydrogens is 434 g/mol. The van der Waals surface area contributed by atoms with Gasteiger partial charge in [0.05, 0.1) is 18.1 Å². The molecule has 0 spiro atoms. The van der Waals surface area contributed by atoms with Crippen molar-refractivity contribution < 1.29 is 27.2 Å². The Labute approximate surface area is 185 Å². The molecule has 1 fully saturated rings. The van der Waals surface area contributed by atoms with Crippen molar-refractivity contribution in [1.82, 2.24) is 4.31 Å². The molecule has 2 aromatic carbocycles. The second-order valence-corrected chi connectivity index (χ2v) is 9.13. The molecule has 10 heteroatoms. The number of benzene rings is 2. The number of morpholine rings is 1. The quantitative estimate of drug-likeness (QED) is 0.432. The average Bonchev–Trinajstić information content (AvgIpc) is 3.24. The lowest BCUT2D eigenvalue weighted by atomic mass is 10.2. The van der Waals surface area contributed by atoms with Crippen LogP contribution in [0.1, 0.15) is 12.7 Å². The topological polar surface area (TPSA) is 110 Å². The van der Waals surface area contributed by atoms with E-state index in [1.807, 2.05) is 30.3 Å². The molecule has 0 radical (unpaired) electrons. The Hall–Kier alpha value is -3.21. The number of sulfonamides is 1. The number of carbonyl (C=O) groups is 1. The molecule has 168 valence electrons. The Morgan fingerprint density at radius 2 is 1.91 bits per heavy atom. The Bertz CT molecular complexity index is 1210. The van der Waals surface area contributed by atoms with E-state index in [4.69, 9.17) is 14.0 Å². The number of nitrogens with one attached hydrogen (secondary N) is 1. The highest BCUT2D eigenvalue weighted by Crippen LogP contribution is 2.21. The van der Waals surface area contributed by atoms with Crippen molar-refractivity contribution in [1.29, 1.82) is 0 Å². The third-order valence-electron chi connectivity index (χ3n) is 4.90. The minimum atomic E-state index is -3.65. The molecule has 9 nitrogen and oxygen atoms in total. The summed E-state index contributed by atoms with van der Waals surface area (Å²) >= 11 is 0. The van der Waals surface area contributed by atoms with Crippen molar-refractivity contribution >= 4 is 38.3 Å². The van der Waals surface area contributed by atoms with Crippen LogP contribution >= 0.6 is 0 Å². The molecule has 3 aromatic rings. The van der Waals surface area contributed by atoms with Gasteiger partial charge in [-0.3, -0.25) is 4.79 Å². The van der Waals surface area contributed by atoms with Crippen molar-refractivity contribution in [2.24, 2.45) is 5.16 Å². The van der Waals surface area contributed by atoms with E-state index in [9.17, 15) is 13.2 Å². The van der Waals surface area contributed by atoms with Gasteiger partial charge >= 0.3 is 0 Å². The highest BCUT2D eigenvalue weighted by molar-refractivity contribution is 7.89. The summed E-state index contributed by atoms with van der Waals surface area (Å²) in [5.41, 5.74) is 1.58. The van der Waals surface area contributed by atoms with E-state index in [1.165, 1.54) is 16.4 Å². The maximum atomic E-state index is 12.8. The molecule has 0 aliphatic carbocycles. The first-order chi connectivity index (χ1) is 15.4. The van der Waals surface area contributed by atoms with Crippen LogP contribution in [0.15, 0.2) is 69.1 Å². The first-order valence-corrected chi connectivity index (χ1v) is 11.5. The molecule has 1 saturated heterocycles. The lowest BCUT2D eigenvalue weighted by molar-refractivity contribution is -0.120. The summed E-state index contributed by atoms with van der Waals surface area (Å²) in [5, 5.41) is 7.51. The third kappa shape index (κ3) is 4.98. The SMILES string of the molecule is C/C(=N\OCC(=O)Nc1cccc(S(=O)(=O)N2CCOCC2)c1)c1cc2ccccc2o1. The van der Waals surface area contributed by atoms with Crippen LogP contribution in [0.3, 0.4) is 0 Å². The summed E-state index contributed by atoms with van der Waals surface area (Å²) in [6, 6.07) is 15.5. The van der Waals surface area contributed by atoms with E-state index in [0.717, 1.165) is 11.0 Å². The number of fused-ring (bicyclic) bond motifs is 1. The smallest absolute Gasteiger partial charge is 0.265 e. The van der Waals surface area contributed by atoms with E-state index in [2.05, 4.69) is 10.5 Å². The molecule has 2 heterocycles. The average molecular weight is 458 g/mol. The number of hydrogen-bond donors (Lipinski definition) is 1. The van der Waals surface area contributed by atoms with Gasteiger partial charge in [-0.15, -0.1) is 0 Å². The fourth-order valence-electron chi connectivity index (χ4n) is 3.26. The van der Waals surface area contributed by atoms with Gasteiger partial charge in [0.15, 0.2) is 12.4 Å². The molecule has 0 unspecified atom stereocenters. The number of nitrogens with zero attached hydrogens (tertiary/aromatic N) is 2. The molecule has 0 bridgehead atoms.